The average molecular weight is 376 g/mol. The van der Waals surface area contributed by atoms with Gasteiger partial charge in [0.2, 0.25) is 0 Å². The highest BCUT2D eigenvalue weighted by Gasteiger charge is 2.25. The Bertz CT molecular complexity index is 1030. The Morgan fingerprint density at radius 2 is 1.82 bits per heavy atom. The first-order valence-corrected chi connectivity index (χ1v) is 8.78. The smallest absolute Gasteiger partial charge is 0.265 e. The summed E-state index contributed by atoms with van der Waals surface area (Å²) in [5.74, 6) is -0.187. The summed E-state index contributed by atoms with van der Waals surface area (Å²) in [6, 6.07) is 20.1. The lowest BCUT2D eigenvalue weighted by Crippen LogP contribution is -2.38. The average Bonchev–Trinajstić information content (AvgIpc) is 2.71. The van der Waals surface area contributed by atoms with Crippen LogP contribution in [0.25, 0.3) is 0 Å². The van der Waals surface area contributed by atoms with Crippen molar-refractivity contribution in [2.75, 3.05) is 16.8 Å². The standard InChI is InChI=1S/C22H17FN2O3/c23-17-4-3-5-18(12-17)24-22(27)16-10-8-15(9-11-16)13-25-19-6-1-2-7-20(19)28-14-21(25)26/h1-12H,13-14H2,(H,24,27). The Morgan fingerprint density at radius 3 is 2.61 bits per heavy atom. The normalized spacial score (nSPS) is 12.9. The van der Waals surface area contributed by atoms with Crippen LogP contribution in [-0.4, -0.2) is 18.4 Å². The van der Waals surface area contributed by atoms with Gasteiger partial charge in [0.15, 0.2) is 6.61 Å². The summed E-state index contributed by atoms with van der Waals surface area (Å²) in [6.45, 7) is 0.385. The first-order valence-electron chi connectivity index (χ1n) is 8.78. The SMILES string of the molecule is O=C(Nc1cccc(F)c1)c1ccc(CN2C(=O)COc3ccccc32)cc1. The highest BCUT2D eigenvalue weighted by Crippen LogP contribution is 2.32. The molecule has 0 unspecified atom stereocenters. The minimum absolute atomic E-state index is 0.00510. The van der Waals surface area contributed by atoms with Crippen LogP contribution in [0.2, 0.25) is 0 Å². The fourth-order valence-electron chi connectivity index (χ4n) is 3.04. The summed E-state index contributed by atoms with van der Waals surface area (Å²) in [6.07, 6.45) is 0. The van der Waals surface area contributed by atoms with E-state index >= 15 is 0 Å². The molecule has 0 fully saturated rings. The van der Waals surface area contributed by atoms with Crippen molar-refractivity contribution in [2.24, 2.45) is 0 Å². The number of rotatable bonds is 4. The number of carbonyl (C=O) groups is 2. The number of amides is 2. The lowest BCUT2D eigenvalue weighted by atomic mass is 10.1. The molecule has 1 heterocycles. The Morgan fingerprint density at radius 1 is 1.04 bits per heavy atom. The van der Waals surface area contributed by atoms with Gasteiger partial charge in [-0.25, -0.2) is 4.39 Å². The maximum absolute atomic E-state index is 13.2. The van der Waals surface area contributed by atoms with E-state index in [2.05, 4.69) is 5.32 Å². The number of para-hydroxylation sites is 2. The molecule has 2 amide bonds. The molecule has 3 aromatic rings. The van der Waals surface area contributed by atoms with Gasteiger partial charge in [0.05, 0.1) is 12.2 Å². The number of hydrogen-bond acceptors (Lipinski definition) is 3. The largest absolute Gasteiger partial charge is 0.482 e. The number of hydrogen-bond donors (Lipinski definition) is 1. The Labute approximate surface area is 161 Å². The lowest BCUT2D eigenvalue weighted by molar-refractivity contribution is -0.121. The third-order valence-corrected chi connectivity index (χ3v) is 4.45. The molecule has 0 saturated heterocycles. The molecule has 3 aromatic carbocycles. The summed E-state index contributed by atoms with van der Waals surface area (Å²) in [5.41, 5.74) is 2.45. The van der Waals surface area contributed by atoms with E-state index < -0.39 is 5.82 Å². The molecule has 1 aliphatic heterocycles. The zero-order chi connectivity index (χ0) is 19.5. The molecular weight excluding hydrogens is 359 g/mol. The number of anilines is 2. The fraction of sp³-hybridized carbons (Fsp3) is 0.0909. The van der Waals surface area contributed by atoms with Crippen molar-refractivity contribution in [3.63, 3.8) is 0 Å². The predicted molar refractivity (Wildman–Crippen MR) is 104 cm³/mol. The maximum atomic E-state index is 13.2. The van der Waals surface area contributed by atoms with Gasteiger partial charge in [-0.15, -0.1) is 0 Å². The molecule has 0 spiro atoms. The fourth-order valence-corrected chi connectivity index (χ4v) is 3.04. The van der Waals surface area contributed by atoms with Gasteiger partial charge >= 0.3 is 0 Å². The van der Waals surface area contributed by atoms with E-state index in [-0.39, 0.29) is 18.4 Å². The van der Waals surface area contributed by atoms with Crippen LogP contribution in [0.1, 0.15) is 15.9 Å². The summed E-state index contributed by atoms with van der Waals surface area (Å²) >= 11 is 0. The monoisotopic (exact) mass is 376 g/mol. The van der Waals surface area contributed by atoms with E-state index in [0.29, 0.717) is 23.5 Å². The summed E-state index contributed by atoms with van der Waals surface area (Å²) in [7, 11) is 0. The lowest BCUT2D eigenvalue weighted by Gasteiger charge is -2.29. The molecule has 6 heteroatoms. The van der Waals surface area contributed by atoms with Gasteiger partial charge in [0.25, 0.3) is 11.8 Å². The van der Waals surface area contributed by atoms with Crippen LogP contribution >= 0.6 is 0 Å². The van der Waals surface area contributed by atoms with Crippen molar-refractivity contribution >= 4 is 23.2 Å². The van der Waals surface area contributed by atoms with Crippen molar-refractivity contribution < 1.29 is 18.7 Å². The van der Waals surface area contributed by atoms with Crippen LogP contribution in [0.5, 0.6) is 5.75 Å². The first-order chi connectivity index (χ1) is 13.6. The van der Waals surface area contributed by atoms with Gasteiger partial charge in [0, 0.05) is 11.3 Å². The van der Waals surface area contributed by atoms with Crippen molar-refractivity contribution in [2.45, 2.75) is 6.54 Å². The summed E-state index contributed by atoms with van der Waals surface area (Å²) in [5, 5.41) is 2.66. The third-order valence-electron chi connectivity index (χ3n) is 4.45. The van der Waals surface area contributed by atoms with Crippen molar-refractivity contribution in [1.29, 1.82) is 0 Å². The second kappa shape index (κ2) is 7.52. The van der Waals surface area contributed by atoms with E-state index in [1.807, 2.05) is 24.3 Å². The molecule has 5 nitrogen and oxygen atoms in total. The Balaban J connectivity index is 1.48. The molecule has 1 N–H and O–H groups in total. The molecular formula is C22H17FN2O3. The van der Waals surface area contributed by atoms with E-state index in [1.165, 1.54) is 18.2 Å². The highest BCUT2D eigenvalue weighted by molar-refractivity contribution is 6.04. The van der Waals surface area contributed by atoms with E-state index in [1.54, 1.807) is 35.2 Å². The van der Waals surface area contributed by atoms with E-state index in [9.17, 15) is 14.0 Å². The molecule has 4 rings (SSSR count). The zero-order valence-corrected chi connectivity index (χ0v) is 14.9. The van der Waals surface area contributed by atoms with Crippen LogP contribution in [-0.2, 0) is 11.3 Å². The van der Waals surface area contributed by atoms with Gasteiger partial charge in [-0.2, -0.15) is 0 Å². The molecule has 140 valence electrons. The predicted octanol–water partition coefficient (Wildman–Crippen LogP) is 4.00. The van der Waals surface area contributed by atoms with Gasteiger partial charge in [-0.05, 0) is 48.0 Å². The Hall–Kier alpha value is -3.67. The number of nitrogens with one attached hydrogen (secondary N) is 1. The third kappa shape index (κ3) is 3.71. The molecule has 0 radical (unpaired) electrons. The number of nitrogens with zero attached hydrogens (tertiary/aromatic N) is 1. The van der Waals surface area contributed by atoms with Crippen molar-refractivity contribution in [3.05, 3.63) is 89.7 Å². The Kier molecular flexibility index (Phi) is 4.76. The molecule has 1 aliphatic rings. The summed E-state index contributed by atoms with van der Waals surface area (Å²) in [4.78, 5) is 26.3. The maximum Gasteiger partial charge on any atom is 0.265 e. The van der Waals surface area contributed by atoms with Gasteiger partial charge in [-0.3, -0.25) is 9.59 Å². The second-order valence-electron chi connectivity index (χ2n) is 6.40. The molecule has 0 bridgehead atoms. The zero-order valence-electron chi connectivity index (χ0n) is 14.9. The first kappa shape index (κ1) is 17.7. The van der Waals surface area contributed by atoms with Crippen LogP contribution in [0.3, 0.4) is 0 Å². The molecule has 0 aliphatic carbocycles. The molecule has 0 atom stereocenters. The van der Waals surface area contributed by atoms with Gasteiger partial charge in [-0.1, -0.05) is 30.3 Å². The highest BCUT2D eigenvalue weighted by atomic mass is 19.1. The van der Waals surface area contributed by atoms with E-state index in [0.717, 1.165) is 11.3 Å². The quantitative estimate of drug-likeness (QED) is 0.749. The van der Waals surface area contributed by atoms with Gasteiger partial charge in [0.1, 0.15) is 11.6 Å². The number of ether oxygens (including phenoxy) is 1. The number of fused-ring (bicyclic) bond motifs is 1. The second-order valence-corrected chi connectivity index (χ2v) is 6.40. The van der Waals surface area contributed by atoms with Gasteiger partial charge < -0.3 is 15.0 Å². The number of benzene rings is 3. The topological polar surface area (TPSA) is 58.6 Å². The van der Waals surface area contributed by atoms with Crippen LogP contribution < -0.4 is 15.0 Å². The van der Waals surface area contributed by atoms with Crippen LogP contribution in [0, 0.1) is 5.82 Å². The molecule has 0 aromatic heterocycles. The molecule has 0 saturated carbocycles. The molecule has 28 heavy (non-hydrogen) atoms. The minimum atomic E-state index is -0.413. The number of halogens is 1. The van der Waals surface area contributed by atoms with Crippen molar-refractivity contribution in [1.82, 2.24) is 0 Å². The van der Waals surface area contributed by atoms with Crippen LogP contribution in [0.4, 0.5) is 15.8 Å². The minimum Gasteiger partial charge on any atom is -0.482 e. The van der Waals surface area contributed by atoms with E-state index in [4.69, 9.17) is 4.74 Å². The number of carbonyl (C=O) groups excluding carboxylic acids is 2. The van der Waals surface area contributed by atoms with Crippen LogP contribution in [0.15, 0.2) is 72.8 Å². The van der Waals surface area contributed by atoms with Crippen molar-refractivity contribution in [3.8, 4) is 5.75 Å². The summed E-state index contributed by atoms with van der Waals surface area (Å²) < 4.78 is 18.7.